The molecule has 0 spiro atoms. The standard InChI is InChI=1S/C18H24N4OS/c1-14(2)24-13-15-12-17(23)20-18(19-15)22-10-8-21(9-11-22)16-6-4-3-5-7-16/h3-7,12,14H,8-11,13H2,1-2H3,(H,19,20,23). The van der Waals surface area contributed by atoms with Crippen LogP contribution in [0.1, 0.15) is 19.5 Å². The Hall–Kier alpha value is -1.95. The van der Waals surface area contributed by atoms with Gasteiger partial charge in [0, 0.05) is 43.7 Å². The minimum atomic E-state index is -0.0650. The summed E-state index contributed by atoms with van der Waals surface area (Å²) in [4.78, 5) is 24.0. The predicted octanol–water partition coefficient (Wildman–Crippen LogP) is 2.74. The van der Waals surface area contributed by atoms with Crippen LogP contribution in [0.15, 0.2) is 41.2 Å². The second-order valence-electron chi connectivity index (χ2n) is 6.23. The number of aromatic amines is 1. The highest BCUT2D eigenvalue weighted by molar-refractivity contribution is 7.99. The van der Waals surface area contributed by atoms with E-state index in [2.05, 4.69) is 57.9 Å². The molecule has 1 aromatic heterocycles. The lowest BCUT2D eigenvalue weighted by Crippen LogP contribution is -2.47. The van der Waals surface area contributed by atoms with E-state index in [1.165, 1.54) is 5.69 Å². The zero-order valence-corrected chi connectivity index (χ0v) is 15.1. The predicted molar refractivity (Wildman–Crippen MR) is 102 cm³/mol. The highest BCUT2D eigenvalue weighted by Gasteiger charge is 2.19. The highest BCUT2D eigenvalue weighted by atomic mass is 32.2. The average molecular weight is 344 g/mol. The molecule has 0 saturated carbocycles. The summed E-state index contributed by atoms with van der Waals surface area (Å²) >= 11 is 1.80. The second kappa shape index (κ2) is 7.75. The van der Waals surface area contributed by atoms with Crippen molar-refractivity contribution in [3.05, 3.63) is 52.4 Å². The summed E-state index contributed by atoms with van der Waals surface area (Å²) in [5.74, 6) is 1.48. The number of nitrogens with zero attached hydrogens (tertiary/aromatic N) is 3. The number of hydrogen-bond donors (Lipinski definition) is 1. The molecule has 0 amide bonds. The van der Waals surface area contributed by atoms with Crippen molar-refractivity contribution in [3.8, 4) is 0 Å². The van der Waals surface area contributed by atoms with Crippen LogP contribution in [0.25, 0.3) is 0 Å². The molecular formula is C18H24N4OS. The molecule has 0 bridgehead atoms. The third-order valence-electron chi connectivity index (χ3n) is 4.05. The summed E-state index contributed by atoms with van der Waals surface area (Å²) < 4.78 is 0. The zero-order chi connectivity index (χ0) is 16.9. The van der Waals surface area contributed by atoms with Crippen LogP contribution in [0.5, 0.6) is 0 Å². The number of piperazine rings is 1. The number of para-hydroxylation sites is 1. The summed E-state index contributed by atoms with van der Waals surface area (Å²) in [5, 5.41) is 0.531. The maximum Gasteiger partial charge on any atom is 0.252 e. The fourth-order valence-electron chi connectivity index (χ4n) is 2.78. The van der Waals surface area contributed by atoms with Crippen molar-refractivity contribution in [2.75, 3.05) is 36.0 Å². The number of aromatic nitrogens is 2. The van der Waals surface area contributed by atoms with Gasteiger partial charge in [-0.3, -0.25) is 9.78 Å². The van der Waals surface area contributed by atoms with Crippen molar-refractivity contribution in [1.29, 1.82) is 0 Å². The minimum absolute atomic E-state index is 0.0650. The molecule has 1 aliphatic rings. The lowest BCUT2D eigenvalue weighted by Gasteiger charge is -2.36. The van der Waals surface area contributed by atoms with Crippen molar-refractivity contribution in [2.45, 2.75) is 24.9 Å². The van der Waals surface area contributed by atoms with E-state index < -0.39 is 0 Å². The fraction of sp³-hybridized carbons (Fsp3) is 0.444. The number of H-pyrrole nitrogens is 1. The number of thioether (sulfide) groups is 1. The first-order chi connectivity index (χ1) is 11.6. The Kier molecular flexibility index (Phi) is 5.45. The topological polar surface area (TPSA) is 52.2 Å². The third kappa shape index (κ3) is 4.32. The van der Waals surface area contributed by atoms with Crippen LogP contribution in [-0.2, 0) is 5.75 Å². The number of anilines is 2. The van der Waals surface area contributed by atoms with E-state index in [9.17, 15) is 4.79 Å². The lowest BCUT2D eigenvalue weighted by atomic mass is 10.2. The molecule has 0 radical (unpaired) electrons. The Bertz CT molecular complexity index is 708. The van der Waals surface area contributed by atoms with Gasteiger partial charge in [0.15, 0.2) is 0 Å². The van der Waals surface area contributed by atoms with Crippen molar-refractivity contribution in [2.24, 2.45) is 0 Å². The first kappa shape index (κ1) is 16.9. The lowest BCUT2D eigenvalue weighted by molar-refractivity contribution is 0.638. The van der Waals surface area contributed by atoms with Crippen LogP contribution in [0.3, 0.4) is 0 Å². The van der Waals surface area contributed by atoms with E-state index in [1.54, 1.807) is 17.8 Å². The van der Waals surface area contributed by atoms with Gasteiger partial charge in [-0.15, -0.1) is 0 Å². The first-order valence-electron chi connectivity index (χ1n) is 8.38. The summed E-state index contributed by atoms with van der Waals surface area (Å²) in [7, 11) is 0. The van der Waals surface area contributed by atoms with Crippen LogP contribution in [0.2, 0.25) is 0 Å². The Balaban J connectivity index is 1.66. The van der Waals surface area contributed by atoms with Gasteiger partial charge in [0.05, 0.1) is 5.69 Å². The van der Waals surface area contributed by atoms with Crippen LogP contribution in [0.4, 0.5) is 11.6 Å². The zero-order valence-electron chi connectivity index (χ0n) is 14.2. The molecule has 5 nitrogen and oxygen atoms in total. The molecule has 1 aliphatic heterocycles. The molecular weight excluding hydrogens is 320 g/mol. The van der Waals surface area contributed by atoms with E-state index in [1.807, 2.05) is 6.07 Å². The van der Waals surface area contributed by atoms with Crippen molar-refractivity contribution >= 4 is 23.4 Å². The Morgan fingerprint density at radius 3 is 2.46 bits per heavy atom. The van der Waals surface area contributed by atoms with Gasteiger partial charge in [-0.2, -0.15) is 11.8 Å². The second-order valence-corrected chi connectivity index (χ2v) is 7.79. The first-order valence-corrected chi connectivity index (χ1v) is 9.43. The largest absolute Gasteiger partial charge is 0.368 e. The molecule has 128 valence electrons. The molecule has 1 aromatic carbocycles. The van der Waals surface area contributed by atoms with Gasteiger partial charge in [0.1, 0.15) is 0 Å². The van der Waals surface area contributed by atoms with Crippen molar-refractivity contribution < 1.29 is 0 Å². The molecule has 3 rings (SSSR count). The number of nitrogens with one attached hydrogen (secondary N) is 1. The highest BCUT2D eigenvalue weighted by Crippen LogP contribution is 2.19. The van der Waals surface area contributed by atoms with Gasteiger partial charge in [-0.05, 0) is 17.4 Å². The summed E-state index contributed by atoms with van der Waals surface area (Å²) in [5.41, 5.74) is 2.04. The van der Waals surface area contributed by atoms with E-state index >= 15 is 0 Å². The maximum atomic E-state index is 11.9. The number of benzene rings is 1. The Morgan fingerprint density at radius 1 is 1.12 bits per heavy atom. The maximum absolute atomic E-state index is 11.9. The van der Waals surface area contributed by atoms with Crippen LogP contribution in [0, 0.1) is 0 Å². The monoisotopic (exact) mass is 344 g/mol. The third-order valence-corrected chi connectivity index (χ3v) is 5.18. The van der Waals surface area contributed by atoms with Gasteiger partial charge in [0.2, 0.25) is 5.95 Å². The average Bonchev–Trinajstić information content (AvgIpc) is 2.60. The summed E-state index contributed by atoms with van der Waals surface area (Å²) in [6.07, 6.45) is 0. The summed E-state index contributed by atoms with van der Waals surface area (Å²) in [6.45, 7) is 7.89. The fourth-order valence-corrected chi connectivity index (χ4v) is 3.44. The van der Waals surface area contributed by atoms with Crippen molar-refractivity contribution in [3.63, 3.8) is 0 Å². The molecule has 1 N–H and O–H groups in total. The SMILES string of the molecule is CC(C)SCc1cc(=O)[nH]c(N2CCN(c3ccccc3)CC2)n1. The minimum Gasteiger partial charge on any atom is -0.368 e. The van der Waals surface area contributed by atoms with Crippen LogP contribution >= 0.6 is 11.8 Å². The van der Waals surface area contributed by atoms with Crippen LogP contribution < -0.4 is 15.4 Å². The van der Waals surface area contributed by atoms with Crippen LogP contribution in [-0.4, -0.2) is 41.4 Å². The number of rotatable bonds is 5. The summed E-state index contributed by atoms with van der Waals surface area (Å²) in [6, 6.07) is 12.1. The molecule has 1 saturated heterocycles. The van der Waals surface area contributed by atoms with E-state index in [-0.39, 0.29) is 5.56 Å². The van der Waals surface area contributed by atoms with Gasteiger partial charge in [-0.1, -0.05) is 32.0 Å². The quantitative estimate of drug-likeness (QED) is 0.904. The molecule has 2 heterocycles. The molecule has 1 fully saturated rings. The van der Waals surface area contributed by atoms with Gasteiger partial charge >= 0.3 is 0 Å². The van der Waals surface area contributed by atoms with E-state index in [0.717, 1.165) is 37.6 Å². The molecule has 0 atom stereocenters. The molecule has 0 unspecified atom stereocenters. The van der Waals surface area contributed by atoms with E-state index in [4.69, 9.17) is 0 Å². The smallest absolute Gasteiger partial charge is 0.252 e. The van der Waals surface area contributed by atoms with E-state index in [0.29, 0.717) is 11.2 Å². The Labute approximate surface area is 147 Å². The molecule has 0 aliphatic carbocycles. The van der Waals surface area contributed by atoms with Gasteiger partial charge in [0.25, 0.3) is 5.56 Å². The molecule has 24 heavy (non-hydrogen) atoms. The van der Waals surface area contributed by atoms with Gasteiger partial charge in [-0.25, -0.2) is 4.98 Å². The molecule has 2 aromatic rings. The molecule has 6 heteroatoms. The van der Waals surface area contributed by atoms with Crippen molar-refractivity contribution in [1.82, 2.24) is 9.97 Å². The number of hydrogen-bond acceptors (Lipinski definition) is 5. The Morgan fingerprint density at radius 2 is 1.79 bits per heavy atom. The van der Waals surface area contributed by atoms with Gasteiger partial charge < -0.3 is 9.80 Å². The normalized spacial score (nSPS) is 15.1.